The van der Waals surface area contributed by atoms with E-state index in [0.717, 1.165) is 11.3 Å². The van der Waals surface area contributed by atoms with E-state index in [0.29, 0.717) is 28.7 Å². The molecule has 0 fully saturated rings. The minimum atomic E-state index is -0.0606. The zero-order valence-corrected chi connectivity index (χ0v) is 13.1. The van der Waals surface area contributed by atoms with Crippen molar-refractivity contribution < 1.29 is 4.79 Å². The summed E-state index contributed by atoms with van der Waals surface area (Å²) in [5, 5.41) is 7.01. The lowest BCUT2D eigenvalue weighted by molar-refractivity contribution is -0.115. The van der Waals surface area contributed by atoms with Gasteiger partial charge in [0, 0.05) is 18.7 Å². The number of hydrogen-bond acceptors (Lipinski definition) is 2. The first kappa shape index (κ1) is 15.7. The van der Waals surface area contributed by atoms with Gasteiger partial charge in [0.15, 0.2) is 0 Å². The van der Waals surface area contributed by atoms with Gasteiger partial charge in [-0.1, -0.05) is 47.0 Å². The van der Waals surface area contributed by atoms with Gasteiger partial charge in [-0.3, -0.25) is 4.79 Å². The fraction of sp³-hybridized carbons (Fsp3) is 0.188. The molecule has 2 aromatic carbocycles. The summed E-state index contributed by atoms with van der Waals surface area (Å²) in [6.45, 7) is 2.46. The predicted octanol–water partition coefficient (Wildman–Crippen LogP) is 4.74. The van der Waals surface area contributed by atoms with Crippen LogP contribution in [0.25, 0.3) is 0 Å². The second-order valence-electron chi connectivity index (χ2n) is 4.69. The molecule has 0 saturated carbocycles. The molecule has 110 valence electrons. The van der Waals surface area contributed by atoms with E-state index in [1.807, 2.05) is 31.2 Å². The molecule has 2 N–H and O–H groups in total. The highest BCUT2D eigenvalue weighted by molar-refractivity contribution is 6.39. The summed E-state index contributed by atoms with van der Waals surface area (Å²) in [6.07, 6.45) is 0.329. The first-order valence-corrected chi connectivity index (χ1v) is 7.36. The Kier molecular flexibility index (Phi) is 5.48. The van der Waals surface area contributed by atoms with Crippen molar-refractivity contribution in [2.45, 2.75) is 13.3 Å². The quantitative estimate of drug-likeness (QED) is 0.834. The van der Waals surface area contributed by atoms with Crippen LogP contribution in [0.2, 0.25) is 10.0 Å². The monoisotopic (exact) mass is 322 g/mol. The number of nitrogens with one attached hydrogen (secondary N) is 2. The van der Waals surface area contributed by atoms with Gasteiger partial charge in [-0.05, 0) is 31.2 Å². The highest BCUT2D eigenvalue weighted by Gasteiger charge is 2.06. The molecule has 3 nitrogen and oxygen atoms in total. The van der Waals surface area contributed by atoms with Gasteiger partial charge in [-0.15, -0.1) is 0 Å². The molecule has 1 amide bonds. The van der Waals surface area contributed by atoms with Crippen molar-refractivity contribution in [2.24, 2.45) is 0 Å². The normalized spacial score (nSPS) is 10.2. The van der Waals surface area contributed by atoms with E-state index < -0.39 is 0 Å². The minimum absolute atomic E-state index is 0.0606. The van der Waals surface area contributed by atoms with Gasteiger partial charge < -0.3 is 10.6 Å². The predicted molar refractivity (Wildman–Crippen MR) is 89.4 cm³/mol. The summed E-state index contributed by atoms with van der Waals surface area (Å²) in [5.74, 6) is -0.0606. The van der Waals surface area contributed by atoms with E-state index in [-0.39, 0.29) is 5.91 Å². The highest BCUT2D eigenvalue weighted by atomic mass is 35.5. The molecule has 0 heterocycles. The molecule has 21 heavy (non-hydrogen) atoms. The van der Waals surface area contributed by atoms with Crippen molar-refractivity contribution in [3.8, 4) is 0 Å². The van der Waals surface area contributed by atoms with Crippen LogP contribution in [0, 0.1) is 6.92 Å². The molecular weight excluding hydrogens is 307 g/mol. The molecule has 0 saturated heterocycles. The number of carbonyl (C=O) groups excluding carboxylic acids is 1. The average Bonchev–Trinajstić information content (AvgIpc) is 2.45. The largest absolute Gasteiger partial charge is 0.382 e. The van der Waals surface area contributed by atoms with Crippen LogP contribution in [0.3, 0.4) is 0 Å². The maximum atomic E-state index is 11.8. The fourth-order valence-corrected chi connectivity index (χ4v) is 2.36. The van der Waals surface area contributed by atoms with Gasteiger partial charge in [0.1, 0.15) is 0 Å². The number of benzene rings is 2. The molecule has 0 aliphatic rings. The van der Waals surface area contributed by atoms with Crippen molar-refractivity contribution in [3.05, 3.63) is 58.1 Å². The first-order valence-electron chi connectivity index (χ1n) is 6.60. The molecule has 0 aromatic heterocycles. The van der Waals surface area contributed by atoms with Crippen LogP contribution in [0.4, 0.5) is 11.4 Å². The number of carbonyl (C=O) groups is 1. The van der Waals surface area contributed by atoms with E-state index in [2.05, 4.69) is 10.6 Å². The van der Waals surface area contributed by atoms with E-state index in [1.165, 1.54) is 0 Å². The molecule has 0 spiro atoms. The van der Waals surface area contributed by atoms with Crippen molar-refractivity contribution in [1.29, 1.82) is 0 Å². The molecule has 0 aliphatic heterocycles. The van der Waals surface area contributed by atoms with E-state index in [1.54, 1.807) is 18.2 Å². The number of amides is 1. The SMILES string of the molecule is Cc1ccc(NC(=O)CCNc2c(Cl)cccc2Cl)cc1. The number of para-hydroxylation sites is 1. The van der Waals surface area contributed by atoms with Crippen LogP contribution in [0.5, 0.6) is 0 Å². The fourth-order valence-electron chi connectivity index (χ4n) is 1.83. The zero-order valence-electron chi connectivity index (χ0n) is 11.6. The van der Waals surface area contributed by atoms with E-state index in [4.69, 9.17) is 23.2 Å². The van der Waals surface area contributed by atoms with Crippen LogP contribution in [0.15, 0.2) is 42.5 Å². The smallest absolute Gasteiger partial charge is 0.226 e. The molecule has 0 unspecified atom stereocenters. The van der Waals surface area contributed by atoms with Gasteiger partial charge >= 0.3 is 0 Å². The summed E-state index contributed by atoms with van der Waals surface area (Å²) in [6, 6.07) is 13.0. The summed E-state index contributed by atoms with van der Waals surface area (Å²) in [7, 11) is 0. The lowest BCUT2D eigenvalue weighted by Crippen LogP contribution is -2.16. The van der Waals surface area contributed by atoms with Crippen molar-refractivity contribution >= 4 is 40.5 Å². The molecular formula is C16H16Cl2N2O. The van der Waals surface area contributed by atoms with Crippen LogP contribution >= 0.6 is 23.2 Å². The Bertz CT molecular complexity index is 606. The van der Waals surface area contributed by atoms with Gasteiger partial charge in [-0.25, -0.2) is 0 Å². The second kappa shape index (κ2) is 7.34. The summed E-state index contributed by atoms with van der Waals surface area (Å²) < 4.78 is 0. The Morgan fingerprint density at radius 3 is 2.29 bits per heavy atom. The minimum Gasteiger partial charge on any atom is -0.382 e. The molecule has 2 aromatic rings. The van der Waals surface area contributed by atoms with Gasteiger partial charge in [-0.2, -0.15) is 0 Å². The van der Waals surface area contributed by atoms with E-state index in [9.17, 15) is 4.79 Å². The van der Waals surface area contributed by atoms with Crippen LogP contribution in [-0.4, -0.2) is 12.5 Å². The van der Waals surface area contributed by atoms with Crippen molar-refractivity contribution in [3.63, 3.8) is 0 Å². The van der Waals surface area contributed by atoms with Crippen molar-refractivity contribution in [2.75, 3.05) is 17.2 Å². The van der Waals surface area contributed by atoms with Crippen LogP contribution in [-0.2, 0) is 4.79 Å². The average molecular weight is 323 g/mol. The Morgan fingerprint density at radius 1 is 1.05 bits per heavy atom. The molecule has 0 atom stereocenters. The Hall–Kier alpha value is -1.71. The van der Waals surface area contributed by atoms with E-state index >= 15 is 0 Å². The Balaban J connectivity index is 1.83. The topological polar surface area (TPSA) is 41.1 Å². The molecule has 2 rings (SSSR count). The van der Waals surface area contributed by atoms with Crippen LogP contribution < -0.4 is 10.6 Å². The van der Waals surface area contributed by atoms with Gasteiger partial charge in [0.2, 0.25) is 5.91 Å². The highest BCUT2D eigenvalue weighted by Crippen LogP contribution is 2.29. The molecule has 5 heteroatoms. The van der Waals surface area contributed by atoms with Crippen molar-refractivity contribution in [1.82, 2.24) is 0 Å². The second-order valence-corrected chi connectivity index (χ2v) is 5.50. The summed E-state index contributed by atoms with van der Waals surface area (Å²) in [4.78, 5) is 11.8. The molecule has 0 aliphatic carbocycles. The number of hydrogen-bond donors (Lipinski definition) is 2. The number of halogens is 2. The maximum Gasteiger partial charge on any atom is 0.226 e. The maximum absolute atomic E-state index is 11.8. The Morgan fingerprint density at radius 2 is 1.67 bits per heavy atom. The lowest BCUT2D eigenvalue weighted by atomic mass is 10.2. The molecule has 0 radical (unpaired) electrons. The Labute approximate surface area is 134 Å². The summed E-state index contributed by atoms with van der Waals surface area (Å²) >= 11 is 12.1. The third-order valence-corrected chi connectivity index (χ3v) is 3.58. The molecule has 0 bridgehead atoms. The van der Waals surface area contributed by atoms with Gasteiger partial charge in [0.25, 0.3) is 0 Å². The number of aryl methyl sites for hydroxylation is 1. The zero-order chi connectivity index (χ0) is 15.2. The number of rotatable bonds is 5. The third-order valence-electron chi connectivity index (χ3n) is 2.95. The number of anilines is 2. The lowest BCUT2D eigenvalue weighted by Gasteiger charge is -2.10. The standard InChI is InChI=1S/C16H16Cl2N2O/c1-11-5-7-12(8-6-11)20-15(21)9-10-19-16-13(17)3-2-4-14(16)18/h2-8,19H,9-10H2,1H3,(H,20,21). The van der Waals surface area contributed by atoms with Crippen LogP contribution in [0.1, 0.15) is 12.0 Å². The summed E-state index contributed by atoms with van der Waals surface area (Å²) in [5.41, 5.74) is 2.60. The third kappa shape index (κ3) is 4.66. The van der Waals surface area contributed by atoms with Gasteiger partial charge in [0.05, 0.1) is 15.7 Å². The first-order chi connectivity index (χ1) is 10.1.